The minimum atomic E-state index is -4.75. The van der Waals surface area contributed by atoms with E-state index in [-0.39, 0.29) is 45.0 Å². The van der Waals surface area contributed by atoms with E-state index in [1.54, 1.807) is 4.90 Å². The Kier molecular flexibility index (Phi) is 8.23. The standard InChI is InChI=1S/C25H34F3N5O3S/c1-14-8-7-9-33(14)22(35)18-19(37-21(32-18)20(34)31-13-24(5,6)36)15-11-29-17(30-12-23(2,3)4)10-16(15)25(26,27)28/h10-11,14,36H,7-9,12-13H2,1-6H3,(H,29,30)(H,31,34)/t14-/m0/s1. The van der Waals surface area contributed by atoms with Crippen LogP contribution < -0.4 is 10.6 Å². The number of carbonyl (C=O) groups excluding carboxylic acids is 2. The number of hydrogen-bond donors (Lipinski definition) is 3. The molecule has 0 spiro atoms. The van der Waals surface area contributed by atoms with Crippen LogP contribution in [0.2, 0.25) is 0 Å². The van der Waals surface area contributed by atoms with Crippen molar-refractivity contribution in [2.24, 2.45) is 5.41 Å². The molecule has 204 valence electrons. The molecular weight excluding hydrogens is 507 g/mol. The highest BCUT2D eigenvalue weighted by molar-refractivity contribution is 7.17. The third-order valence-corrected chi connectivity index (χ3v) is 6.86. The third-order valence-electron chi connectivity index (χ3n) is 5.77. The van der Waals surface area contributed by atoms with Gasteiger partial charge in [0, 0.05) is 37.4 Å². The van der Waals surface area contributed by atoms with Gasteiger partial charge in [0.15, 0.2) is 5.01 Å². The second-order valence-corrected chi connectivity index (χ2v) is 12.2. The molecule has 0 aliphatic carbocycles. The van der Waals surface area contributed by atoms with Crippen LogP contribution in [0.1, 0.15) is 80.2 Å². The number of carbonyl (C=O) groups is 2. The van der Waals surface area contributed by atoms with Crippen molar-refractivity contribution in [3.05, 3.63) is 28.5 Å². The van der Waals surface area contributed by atoms with Gasteiger partial charge in [0.25, 0.3) is 11.8 Å². The lowest BCUT2D eigenvalue weighted by Crippen LogP contribution is -2.38. The summed E-state index contributed by atoms with van der Waals surface area (Å²) in [5.41, 5.74) is -2.90. The zero-order valence-corrected chi connectivity index (χ0v) is 22.7. The van der Waals surface area contributed by atoms with Crippen molar-refractivity contribution in [2.45, 2.75) is 72.2 Å². The predicted octanol–water partition coefficient (Wildman–Crippen LogP) is 4.81. The van der Waals surface area contributed by atoms with Crippen molar-refractivity contribution in [3.8, 4) is 10.4 Å². The molecule has 1 atom stereocenters. The number of aliphatic hydroxyl groups is 1. The van der Waals surface area contributed by atoms with Gasteiger partial charge in [0.05, 0.1) is 16.0 Å². The number of anilines is 1. The maximum atomic E-state index is 14.2. The average molecular weight is 542 g/mol. The number of nitrogens with zero attached hydrogens (tertiary/aromatic N) is 3. The van der Waals surface area contributed by atoms with Gasteiger partial charge in [0.2, 0.25) is 0 Å². The van der Waals surface area contributed by atoms with E-state index in [0.29, 0.717) is 24.4 Å². The van der Waals surface area contributed by atoms with E-state index in [9.17, 15) is 27.9 Å². The Labute approximate surface area is 218 Å². The van der Waals surface area contributed by atoms with E-state index in [1.165, 1.54) is 13.8 Å². The molecule has 3 heterocycles. The van der Waals surface area contributed by atoms with Crippen molar-refractivity contribution < 1.29 is 27.9 Å². The van der Waals surface area contributed by atoms with Gasteiger partial charge in [-0.15, -0.1) is 11.3 Å². The first kappa shape index (κ1) is 28.8. The van der Waals surface area contributed by atoms with Crippen LogP contribution in [0.15, 0.2) is 12.3 Å². The topological polar surface area (TPSA) is 107 Å². The Hall–Kier alpha value is -2.73. The number of rotatable bonds is 7. The molecule has 1 aliphatic rings. The number of aromatic nitrogens is 2. The van der Waals surface area contributed by atoms with Crippen LogP contribution in [-0.4, -0.2) is 63.1 Å². The lowest BCUT2D eigenvalue weighted by atomic mass is 9.97. The average Bonchev–Trinajstić information content (AvgIpc) is 3.40. The molecule has 0 radical (unpaired) electrons. The molecule has 1 saturated heterocycles. The maximum absolute atomic E-state index is 14.2. The highest BCUT2D eigenvalue weighted by atomic mass is 32.1. The zero-order valence-electron chi connectivity index (χ0n) is 21.9. The smallest absolute Gasteiger partial charge is 0.389 e. The van der Waals surface area contributed by atoms with Crippen molar-refractivity contribution in [2.75, 3.05) is 25.0 Å². The summed E-state index contributed by atoms with van der Waals surface area (Å²) in [7, 11) is 0. The fourth-order valence-electron chi connectivity index (χ4n) is 3.81. The summed E-state index contributed by atoms with van der Waals surface area (Å²) in [6, 6.07) is 0.820. The predicted molar refractivity (Wildman–Crippen MR) is 137 cm³/mol. The molecule has 12 heteroatoms. The Morgan fingerprint density at radius 1 is 1.19 bits per heavy atom. The molecule has 37 heavy (non-hydrogen) atoms. The molecule has 0 bridgehead atoms. The number of halogens is 3. The van der Waals surface area contributed by atoms with Crippen molar-refractivity contribution in [1.29, 1.82) is 0 Å². The summed E-state index contributed by atoms with van der Waals surface area (Å²) >= 11 is 0.701. The highest BCUT2D eigenvalue weighted by Gasteiger charge is 2.38. The van der Waals surface area contributed by atoms with E-state index < -0.39 is 29.2 Å². The van der Waals surface area contributed by atoms with Crippen LogP contribution in [0, 0.1) is 5.41 Å². The summed E-state index contributed by atoms with van der Waals surface area (Å²) in [6.07, 6.45) is -2.13. The molecule has 8 nitrogen and oxygen atoms in total. The molecular formula is C25H34F3N5O3S. The summed E-state index contributed by atoms with van der Waals surface area (Å²) in [6.45, 7) is 11.5. The first-order chi connectivity index (χ1) is 17.0. The fourth-order valence-corrected chi connectivity index (χ4v) is 4.81. The summed E-state index contributed by atoms with van der Waals surface area (Å²) in [4.78, 5) is 36.1. The van der Waals surface area contributed by atoms with Crippen LogP contribution in [-0.2, 0) is 6.18 Å². The molecule has 1 aliphatic heterocycles. The molecule has 0 saturated carbocycles. The van der Waals surface area contributed by atoms with Crippen LogP contribution in [0.25, 0.3) is 10.4 Å². The molecule has 3 N–H and O–H groups in total. The number of amides is 2. The lowest BCUT2D eigenvalue weighted by Gasteiger charge is -2.22. The lowest BCUT2D eigenvalue weighted by molar-refractivity contribution is -0.137. The van der Waals surface area contributed by atoms with E-state index in [1.807, 2.05) is 27.7 Å². The van der Waals surface area contributed by atoms with E-state index >= 15 is 0 Å². The van der Waals surface area contributed by atoms with Gasteiger partial charge in [-0.25, -0.2) is 9.97 Å². The number of likely N-dealkylation sites (tertiary alicyclic amines) is 1. The van der Waals surface area contributed by atoms with Gasteiger partial charge in [-0.1, -0.05) is 20.8 Å². The Bertz CT molecular complexity index is 1150. The SMILES string of the molecule is C[C@H]1CCCN1C(=O)c1nc(C(=O)NCC(C)(C)O)sc1-c1cnc(NCC(C)(C)C)cc1C(F)(F)F. The number of nitrogens with one attached hydrogen (secondary N) is 2. The largest absolute Gasteiger partial charge is 0.417 e. The normalized spacial score (nSPS) is 16.7. The number of pyridine rings is 1. The van der Waals surface area contributed by atoms with Gasteiger partial charge < -0.3 is 20.6 Å². The van der Waals surface area contributed by atoms with Crippen molar-refractivity contribution in [3.63, 3.8) is 0 Å². The third kappa shape index (κ3) is 7.41. The molecule has 0 unspecified atom stereocenters. The van der Waals surface area contributed by atoms with Crippen molar-refractivity contribution in [1.82, 2.24) is 20.2 Å². The van der Waals surface area contributed by atoms with Gasteiger partial charge in [-0.05, 0) is 45.1 Å². The van der Waals surface area contributed by atoms with E-state index in [2.05, 4.69) is 20.6 Å². The summed E-state index contributed by atoms with van der Waals surface area (Å²) < 4.78 is 42.7. The molecule has 1 fully saturated rings. The van der Waals surface area contributed by atoms with Crippen LogP contribution in [0.4, 0.5) is 19.0 Å². The van der Waals surface area contributed by atoms with Gasteiger partial charge >= 0.3 is 6.18 Å². The Morgan fingerprint density at radius 3 is 2.41 bits per heavy atom. The minimum absolute atomic E-state index is 0.0553. The molecule has 2 amide bonds. The van der Waals surface area contributed by atoms with Gasteiger partial charge in [-0.2, -0.15) is 13.2 Å². The first-order valence-electron chi connectivity index (χ1n) is 12.1. The van der Waals surface area contributed by atoms with Gasteiger partial charge in [-0.3, -0.25) is 9.59 Å². The monoisotopic (exact) mass is 541 g/mol. The van der Waals surface area contributed by atoms with Crippen LogP contribution >= 0.6 is 11.3 Å². The molecule has 2 aromatic heterocycles. The molecule has 2 aromatic rings. The maximum Gasteiger partial charge on any atom is 0.417 e. The van der Waals surface area contributed by atoms with Crippen LogP contribution in [0.5, 0.6) is 0 Å². The quantitative estimate of drug-likeness (QED) is 0.465. The Morgan fingerprint density at radius 2 is 1.86 bits per heavy atom. The minimum Gasteiger partial charge on any atom is -0.389 e. The fraction of sp³-hybridized carbons (Fsp3) is 0.600. The van der Waals surface area contributed by atoms with E-state index in [0.717, 1.165) is 25.1 Å². The summed E-state index contributed by atoms with van der Waals surface area (Å²) in [5.74, 6) is -1.16. The summed E-state index contributed by atoms with van der Waals surface area (Å²) in [5, 5.41) is 15.2. The van der Waals surface area contributed by atoms with Crippen molar-refractivity contribution >= 4 is 29.0 Å². The number of hydrogen-bond acceptors (Lipinski definition) is 7. The highest BCUT2D eigenvalue weighted by Crippen LogP contribution is 2.42. The zero-order chi connectivity index (χ0) is 27.8. The van der Waals surface area contributed by atoms with Crippen LogP contribution in [0.3, 0.4) is 0 Å². The molecule has 3 rings (SSSR count). The Balaban J connectivity index is 2.10. The molecule has 0 aromatic carbocycles. The second-order valence-electron chi connectivity index (χ2n) is 11.2. The van der Waals surface area contributed by atoms with E-state index in [4.69, 9.17) is 0 Å². The number of alkyl halides is 3. The second kappa shape index (κ2) is 10.6. The first-order valence-corrected chi connectivity index (χ1v) is 12.9. The number of thiazole rings is 1. The van der Waals surface area contributed by atoms with Gasteiger partial charge in [0.1, 0.15) is 11.5 Å².